The lowest BCUT2D eigenvalue weighted by atomic mass is 10.2. The van der Waals surface area contributed by atoms with Crippen molar-refractivity contribution < 1.29 is 8.78 Å². The molecule has 0 unspecified atom stereocenters. The van der Waals surface area contributed by atoms with Crippen LogP contribution in [-0.2, 0) is 13.0 Å². The fourth-order valence-electron chi connectivity index (χ4n) is 2.09. The maximum atomic E-state index is 13.1. The first-order valence-corrected chi connectivity index (χ1v) is 6.72. The normalized spacial score (nSPS) is 11.0. The Morgan fingerprint density at radius 2 is 1.91 bits per heavy atom. The number of fused-ring (bicyclic) bond motifs is 1. The molecular weight excluding hydrogens is 292 g/mol. The molecule has 0 atom stereocenters. The van der Waals surface area contributed by atoms with Crippen LogP contribution < -0.4 is 10.9 Å². The van der Waals surface area contributed by atoms with Crippen LogP contribution in [0.5, 0.6) is 0 Å². The van der Waals surface area contributed by atoms with E-state index in [1.807, 2.05) is 6.92 Å². The van der Waals surface area contributed by atoms with Gasteiger partial charge in [-0.2, -0.15) is 9.50 Å². The maximum Gasteiger partial charge on any atom is 0.274 e. The Morgan fingerprint density at radius 1 is 1.18 bits per heavy atom. The van der Waals surface area contributed by atoms with Crippen LogP contribution in [0.2, 0.25) is 0 Å². The zero-order valence-electron chi connectivity index (χ0n) is 11.7. The number of rotatable bonds is 4. The van der Waals surface area contributed by atoms with E-state index in [1.165, 1.54) is 22.7 Å². The Kier molecular flexibility index (Phi) is 3.58. The highest BCUT2D eigenvalue weighted by atomic mass is 19.1. The SMILES string of the molecule is CCc1cc(=O)n2[nH]c(NCc3cc(F)cc(F)c3)nc2n1. The Bertz CT molecular complexity index is 866. The molecule has 8 heteroatoms. The summed E-state index contributed by atoms with van der Waals surface area (Å²) in [5.74, 6) is -0.751. The highest BCUT2D eigenvalue weighted by molar-refractivity contribution is 5.38. The van der Waals surface area contributed by atoms with E-state index in [4.69, 9.17) is 0 Å². The first-order valence-electron chi connectivity index (χ1n) is 6.72. The summed E-state index contributed by atoms with van der Waals surface area (Å²) < 4.78 is 27.4. The lowest BCUT2D eigenvalue weighted by molar-refractivity contribution is 0.580. The van der Waals surface area contributed by atoms with E-state index in [-0.39, 0.29) is 17.9 Å². The minimum atomic E-state index is -0.646. The summed E-state index contributed by atoms with van der Waals surface area (Å²) in [6, 6.07) is 4.67. The average molecular weight is 305 g/mol. The summed E-state index contributed by atoms with van der Waals surface area (Å²) in [5.41, 5.74) is 0.807. The minimum Gasteiger partial charge on any atom is -0.351 e. The third-order valence-corrected chi connectivity index (χ3v) is 3.13. The number of nitrogens with zero attached hydrogens (tertiary/aromatic N) is 3. The molecule has 0 radical (unpaired) electrons. The second-order valence-electron chi connectivity index (χ2n) is 4.78. The number of aromatic amines is 1. The van der Waals surface area contributed by atoms with Crippen LogP contribution >= 0.6 is 0 Å². The van der Waals surface area contributed by atoms with Gasteiger partial charge in [0.05, 0.1) is 0 Å². The van der Waals surface area contributed by atoms with Crippen molar-refractivity contribution in [3.63, 3.8) is 0 Å². The molecule has 0 aliphatic heterocycles. The summed E-state index contributed by atoms with van der Waals surface area (Å²) >= 11 is 0. The zero-order valence-corrected chi connectivity index (χ0v) is 11.7. The standard InChI is InChI=1S/C14H13F2N5O/c1-2-11-6-12(22)21-14(18-11)19-13(20-21)17-7-8-3-9(15)5-10(16)4-8/h3-6H,2,7H2,1H3,(H2,17,18,19,20). The molecule has 0 saturated carbocycles. The van der Waals surface area contributed by atoms with Gasteiger partial charge in [0.1, 0.15) is 11.6 Å². The number of benzene rings is 1. The molecule has 2 heterocycles. The monoisotopic (exact) mass is 305 g/mol. The summed E-state index contributed by atoms with van der Waals surface area (Å²) in [6.07, 6.45) is 0.629. The van der Waals surface area contributed by atoms with E-state index in [0.29, 0.717) is 23.6 Å². The van der Waals surface area contributed by atoms with Gasteiger partial charge < -0.3 is 5.32 Å². The van der Waals surface area contributed by atoms with E-state index in [0.717, 1.165) is 6.07 Å². The van der Waals surface area contributed by atoms with Crippen molar-refractivity contribution in [2.24, 2.45) is 0 Å². The molecule has 114 valence electrons. The van der Waals surface area contributed by atoms with Crippen LogP contribution in [0.15, 0.2) is 29.1 Å². The molecule has 2 aromatic heterocycles. The Morgan fingerprint density at radius 3 is 2.59 bits per heavy atom. The molecule has 0 bridgehead atoms. The maximum absolute atomic E-state index is 13.1. The molecule has 0 fully saturated rings. The Hall–Kier alpha value is -2.77. The predicted octanol–water partition coefficient (Wildman–Crippen LogP) is 1.87. The van der Waals surface area contributed by atoms with Gasteiger partial charge in [0.2, 0.25) is 5.95 Å². The second kappa shape index (κ2) is 5.55. The smallest absolute Gasteiger partial charge is 0.274 e. The van der Waals surface area contributed by atoms with Crippen molar-refractivity contribution in [3.05, 3.63) is 57.5 Å². The van der Waals surface area contributed by atoms with E-state index in [1.54, 1.807) is 0 Å². The van der Waals surface area contributed by atoms with Gasteiger partial charge >= 0.3 is 0 Å². The van der Waals surface area contributed by atoms with Gasteiger partial charge in [-0.1, -0.05) is 6.92 Å². The number of hydrogen-bond acceptors (Lipinski definition) is 4. The van der Waals surface area contributed by atoms with Gasteiger partial charge in [0, 0.05) is 24.4 Å². The van der Waals surface area contributed by atoms with Crippen molar-refractivity contribution in [2.45, 2.75) is 19.9 Å². The molecule has 22 heavy (non-hydrogen) atoms. The number of hydrogen-bond donors (Lipinski definition) is 2. The molecular formula is C14H13F2N5O. The molecule has 0 aliphatic rings. The lowest BCUT2D eigenvalue weighted by Gasteiger charge is -2.03. The molecule has 0 aliphatic carbocycles. The highest BCUT2D eigenvalue weighted by Crippen LogP contribution is 2.10. The number of H-pyrrole nitrogens is 1. The fourth-order valence-corrected chi connectivity index (χ4v) is 2.09. The van der Waals surface area contributed by atoms with Gasteiger partial charge in [0.15, 0.2) is 0 Å². The second-order valence-corrected chi connectivity index (χ2v) is 4.78. The number of halogens is 2. The summed E-state index contributed by atoms with van der Waals surface area (Å²) in [7, 11) is 0. The minimum absolute atomic E-state index is 0.157. The third kappa shape index (κ3) is 2.80. The van der Waals surface area contributed by atoms with Crippen molar-refractivity contribution in [1.29, 1.82) is 0 Å². The van der Waals surface area contributed by atoms with E-state index >= 15 is 0 Å². The molecule has 0 amide bonds. The van der Waals surface area contributed by atoms with Gasteiger partial charge in [-0.25, -0.2) is 13.8 Å². The molecule has 0 saturated heterocycles. The summed E-state index contributed by atoms with van der Waals surface area (Å²) in [5, 5.41) is 5.62. The lowest BCUT2D eigenvalue weighted by Crippen LogP contribution is -2.15. The molecule has 0 spiro atoms. The molecule has 1 aromatic carbocycles. The van der Waals surface area contributed by atoms with Crippen LogP contribution in [0.1, 0.15) is 18.2 Å². The topological polar surface area (TPSA) is 75.1 Å². The quantitative estimate of drug-likeness (QED) is 0.771. The van der Waals surface area contributed by atoms with Crippen molar-refractivity contribution in [3.8, 4) is 0 Å². The average Bonchev–Trinajstić information content (AvgIpc) is 2.87. The number of aryl methyl sites for hydroxylation is 1. The van der Waals surface area contributed by atoms with Gasteiger partial charge in [-0.3, -0.25) is 9.89 Å². The Labute approximate surface area is 123 Å². The van der Waals surface area contributed by atoms with Crippen LogP contribution in [0.4, 0.5) is 14.7 Å². The molecule has 6 nitrogen and oxygen atoms in total. The molecule has 3 aromatic rings. The number of aromatic nitrogens is 4. The van der Waals surface area contributed by atoms with E-state index in [2.05, 4.69) is 20.4 Å². The van der Waals surface area contributed by atoms with Crippen LogP contribution in [0.3, 0.4) is 0 Å². The Balaban J connectivity index is 1.85. The van der Waals surface area contributed by atoms with E-state index in [9.17, 15) is 13.6 Å². The third-order valence-electron chi connectivity index (χ3n) is 3.13. The zero-order chi connectivity index (χ0) is 15.7. The first kappa shape index (κ1) is 14.2. The van der Waals surface area contributed by atoms with Crippen LogP contribution in [-0.4, -0.2) is 19.6 Å². The summed E-state index contributed by atoms with van der Waals surface area (Å²) in [4.78, 5) is 20.2. The van der Waals surface area contributed by atoms with Crippen molar-refractivity contribution >= 4 is 11.7 Å². The molecule has 3 rings (SSSR count). The van der Waals surface area contributed by atoms with Gasteiger partial charge in [-0.05, 0) is 24.1 Å². The van der Waals surface area contributed by atoms with Gasteiger partial charge in [0.25, 0.3) is 11.3 Å². The van der Waals surface area contributed by atoms with Crippen molar-refractivity contribution in [2.75, 3.05) is 5.32 Å². The fraction of sp³-hybridized carbons (Fsp3) is 0.214. The van der Waals surface area contributed by atoms with E-state index < -0.39 is 11.6 Å². The molecule has 2 N–H and O–H groups in total. The highest BCUT2D eigenvalue weighted by Gasteiger charge is 2.07. The number of nitrogens with one attached hydrogen (secondary N) is 2. The van der Waals surface area contributed by atoms with Gasteiger partial charge in [-0.15, -0.1) is 0 Å². The largest absolute Gasteiger partial charge is 0.351 e. The predicted molar refractivity (Wildman–Crippen MR) is 76.7 cm³/mol. The number of anilines is 1. The van der Waals surface area contributed by atoms with Crippen molar-refractivity contribution in [1.82, 2.24) is 19.6 Å². The first-order chi connectivity index (χ1) is 10.5. The van der Waals surface area contributed by atoms with Crippen LogP contribution in [0, 0.1) is 11.6 Å². The summed E-state index contributed by atoms with van der Waals surface area (Å²) in [6.45, 7) is 2.05. The van der Waals surface area contributed by atoms with Crippen LogP contribution in [0.25, 0.3) is 5.78 Å².